The number of phenolic OH excluding ortho intramolecular Hbond substituents is 2. The van der Waals surface area contributed by atoms with Crippen LogP contribution >= 0.6 is 0 Å². The van der Waals surface area contributed by atoms with Gasteiger partial charge in [-0.3, -0.25) is 0 Å². The van der Waals surface area contributed by atoms with E-state index in [2.05, 4.69) is 10.1 Å². The number of aromatic nitrogens is 3. The van der Waals surface area contributed by atoms with Crippen LogP contribution in [0.5, 0.6) is 11.5 Å². The maximum absolute atomic E-state index is 9.71. The van der Waals surface area contributed by atoms with Crippen LogP contribution in [0.2, 0.25) is 0 Å². The number of pyridine rings is 1. The number of aromatic hydroxyl groups is 2. The third kappa shape index (κ3) is 2.28. The van der Waals surface area contributed by atoms with Crippen molar-refractivity contribution in [3.63, 3.8) is 0 Å². The molecule has 4 rings (SSSR count). The molecule has 0 aliphatic heterocycles. The highest BCUT2D eigenvalue weighted by atomic mass is 16.3. The molecule has 0 bridgehead atoms. The van der Waals surface area contributed by atoms with Crippen molar-refractivity contribution in [2.45, 2.75) is 0 Å². The lowest BCUT2D eigenvalue weighted by atomic mass is 10.1. The highest BCUT2D eigenvalue weighted by molar-refractivity contribution is 5.92. The molecule has 0 fully saturated rings. The molecule has 2 N–H and O–H groups in total. The Morgan fingerprint density at radius 3 is 2.43 bits per heavy atom. The predicted molar refractivity (Wildman–Crippen MR) is 87.6 cm³/mol. The summed E-state index contributed by atoms with van der Waals surface area (Å²) in [5, 5.41) is 24.7. The Bertz CT molecular complexity index is 991. The van der Waals surface area contributed by atoms with Gasteiger partial charge in [-0.15, -0.1) is 0 Å². The lowest BCUT2D eigenvalue weighted by molar-refractivity contribution is 0.474. The molecule has 0 aliphatic rings. The number of nitrogens with zero attached hydrogens (tertiary/aromatic N) is 3. The normalized spacial score (nSPS) is 11.0. The summed E-state index contributed by atoms with van der Waals surface area (Å²) in [6, 6.07) is 17.6. The molecule has 0 aliphatic carbocycles. The van der Waals surface area contributed by atoms with E-state index >= 15 is 0 Å². The van der Waals surface area contributed by atoms with Gasteiger partial charge in [0.25, 0.3) is 0 Å². The van der Waals surface area contributed by atoms with Gasteiger partial charge in [0, 0.05) is 23.2 Å². The molecule has 0 spiro atoms. The first-order valence-electron chi connectivity index (χ1n) is 7.15. The zero-order valence-corrected chi connectivity index (χ0v) is 12.1. The molecule has 2 aromatic heterocycles. The fourth-order valence-corrected chi connectivity index (χ4v) is 2.59. The first-order chi connectivity index (χ1) is 11.2. The quantitative estimate of drug-likeness (QED) is 0.594. The van der Waals surface area contributed by atoms with E-state index in [0.29, 0.717) is 5.65 Å². The summed E-state index contributed by atoms with van der Waals surface area (Å²) >= 11 is 0. The second-order valence-corrected chi connectivity index (χ2v) is 5.20. The van der Waals surface area contributed by atoms with Crippen molar-refractivity contribution >= 4 is 11.0 Å². The fraction of sp³-hybridized carbons (Fsp3) is 0. The van der Waals surface area contributed by atoms with E-state index in [1.807, 2.05) is 30.3 Å². The Balaban J connectivity index is 1.98. The number of phenols is 2. The third-order valence-corrected chi connectivity index (χ3v) is 3.66. The molecule has 2 aromatic carbocycles. The molecule has 23 heavy (non-hydrogen) atoms. The van der Waals surface area contributed by atoms with Gasteiger partial charge in [-0.05, 0) is 48.5 Å². The van der Waals surface area contributed by atoms with Crippen LogP contribution in [0.4, 0.5) is 0 Å². The summed E-state index contributed by atoms with van der Waals surface area (Å²) in [7, 11) is 0. The first-order valence-corrected chi connectivity index (χ1v) is 7.15. The molecular formula is C18H13N3O2. The van der Waals surface area contributed by atoms with Crippen LogP contribution in [-0.2, 0) is 0 Å². The molecule has 5 nitrogen and oxygen atoms in total. The Hall–Kier alpha value is -3.34. The Kier molecular flexibility index (Phi) is 2.98. The van der Waals surface area contributed by atoms with E-state index < -0.39 is 0 Å². The number of rotatable bonds is 2. The minimum absolute atomic E-state index is 0.174. The van der Waals surface area contributed by atoms with Gasteiger partial charge in [0.15, 0.2) is 5.65 Å². The average molecular weight is 303 g/mol. The van der Waals surface area contributed by atoms with E-state index in [-0.39, 0.29) is 11.5 Å². The maximum Gasteiger partial charge on any atom is 0.163 e. The van der Waals surface area contributed by atoms with Gasteiger partial charge in [0.2, 0.25) is 0 Å². The van der Waals surface area contributed by atoms with E-state index in [1.165, 1.54) is 0 Å². The summed E-state index contributed by atoms with van der Waals surface area (Å²) in [5.41, 5.74) is 3.11. The molecule has 0 saturated heterocycles. The van der Waals surface area contributed by atoms with Crippen LogP contribution in [-0.4, -0.2) is 25.0 Å². The first kappa shape index (κ1) is 13.3. The molecule has 5 heteroatoms. The standard InChI is InChI=1S/C18H13N3O2/c22-14-8-6-12(7-9-14)17-16-5-2-10-19-18(16)21(20-17)13-3-1-4-15(23)11-13/h1-11,22-23H. The lowest BCUT2D eigenvalue weighted by Crippen LogP contribution is -1.97. The number of fused-ring (bicyclic) bond motifs is 1. The van der Waals surface area contributed by atoms with Crippen molar-refractivity contribution in [1.29, 1.82) is 0 Å². The Morgan fingerprint density at radius 2 is 1.65 bits per heavy atom. The molecule has 0 unspecified atom stereocenters. The number of benzene rings is 2. The van der Waals surface area contributed by atoms with E-state index in [4.69, 9.17) is 0 Å². The maximum atomic E-state index is 9.71. The summed E-state index contributed by atoms with van der Waals surface area (Å²) in [4.78, 5) is 4.42. The van der Waals surface area contributed by atoms with Gasteiger partial charge in [-0.25, -0.2) is 9.67 Å². The molecular weight excluding hydrogens is 290 g/mol. The van der Waals surface area contributed by atoms with Crippen LogP contribution in [0, 0.1) is 0 Å². The van der Waals surface area contributed by atoms with Gasteiger partial charge < -0.3 is 10.2 Å². The zero-order valence-electron chi connectivity index (χ0n) is 12.1. The lowest BCUT2D eigenvalue weighted by Gasteiger charge is -2.02. The fourth-order valence-electron chi connectivity index (χ4n) is 2.59. The summed E-state index contributed by atoms with van der Waals surface area (Å²) in [6.07, 6.45) is 1.71. The summed E-state index contributed by atoms with van der Waals surface area (Å²) in [5.74, 6) is 0.386. The smallest absolute Gasteiger partial charge is 0.163 e. The zero-order chi connectivity index (χ0) is 15.8. The summed E-state index contributed by atoms with van der Waals surface area (Å²) < 4.78 is 1.71. The summed E-state index contributed by atoms with van der Waals surface area (Å²) in [6.45, 7) is 0. The third-order valence-electron chi connectivity index (χ3n) is 3.66. The predicted octanol–water partition coefficient (Wildman–Crippen LogP) is 3.50. The van der Waals surface area contributed by atoms with Crippen molar-refractivity contribution in [3.05, 3.63) is 66.9 Å². The van der Waals surface area contributed by atoms with Crippen LogP contribution in [0.3, 0.4) is 0 Å². The minimum Gasteiger partial charge on any atom is -0.508 e. The van der Waals surface area contributed by atoms with Crippen molar-refractivity contribution in [3.8, 4) is 28.4 Å². The number of hydrogen-bond donors (Lipinski definition) is 2. The van der Waals surface area contributed by atoms with Crippen LogP contribution in [0.25, 0.3) is 28.0 Å². The van der Waals surface area contributed by atoms with Gasteiger partial charge >= 0.3 is 0 Å². The van der Waals surface area contributed by atoms with Crippen LogP contribution < -0.4 is 0 Å². The van der Waals surface area contributed by atoms with Gasteiger partial charge in [0.1, 0.15) is 17.2 Å². The number of hydrogen-bond acceptors (Lipinski definition) is 4. The topological polar surface area (TPSA) is 71.2 Å². The van der Waals surface area contributed by atoms with E-state index in [0.717, 1.165) is 22.3 Å². The largest absolute Gasteiger partial charge is 0.508 e. The van der Waals surface area contributed by atoms with Crippen molar-refractivity contribution in [2.24, 2.45) is 0 Å². The van der Waals surface area contributed by atoms with Gasteiger partial charge in [-0.2, -0.15) is 5.10 Å². The minimum atomic E-state index is 0.174. The molecule has 0 radical (unpaired) electrons. The average Bonchev–Trinajstić information content (AvgIpc) is 2.95. The van der Waals surface area contributed by atoms with Crippen LogP contribution in [0.1, 0.15) is 0 Å². The van der Waals surface area contributed by atoms with E-state index in [1.54, 1.807) is 41.2 Å². The highest BCUT2D eigenvalue weighted by Gasteiger charge is 2.14. The SMILES string of the molecule is Oc1ccc(-c2nn(-c3cccc(O)c3)c3ncccc23)cc1. The monoisotopic (exact) mass is 303 g/mol. The molecule has 4 aromatic rings. The molecule has 112 valence electrons. The second-order valence-electron chi connectivity index (χ2n) is 5.20. The van der Waals surface area contributed by atoms with Gasteiger partial charge in [0.05, 0.1) is 5.69 Å². The van der Waals surface area contributed by atoms with E-state index in [9.17, 15) is 10.2 Å². The second kappa shape index (κ2) is 5.14. The van der Waals surface area contributed by atoms with Crippen molar-refractivity contribution in [1.82, 2.24) is 14.8 Å². The highest BCUT2D eigenvalue weighted by Crippen LogP contribution is 2.30. The van der Waals surface area contributed by atoms with Crippen LogP contribution in [0.15, 0.2) is 66.9 Å². The molecule has 0 saturated carbocycles. The van der Waals surface area contributed by atoms with Gasteiger partial charge in [-0.1, -0.05) is 6.07 Å². The Labute approximate surface area is 132 Å². The molecule has 2 heterocycles. The van der Waals surface area contributed by atoms with Crippen molar-refractivity contribution < 1.29 is 10.2 Å². The van der Waals surface area contributed by atoms with Crippen molar-refractivity contribution in [2.75, 3.05) is 0 Å². The Morgan fingerprint density at radius 1 is 0.826 bits per heavy atom. The molecule has 0 amide bonds. The molecule has 0 atom stereocenters.